The van der Waals surface area contributed by atoms with Crippen molar-refractivity contribution in [2.45, 2.75) is 135 Å². The van der Waals surface area contributed by atoms with Crippen LogP contribution in [0, 0.1) is 41.4 Å². The van der Waals surface area contributed by atoms with Crippen LogP contribution in [0.2, 0.25) is 0 Å². The van der Waals surface area contributed by atoms with Gasteiger partial charge in [0.15, 0.2) is 0 Å². The van der Waals surface area contributed by atoms with Gasteiger partial charge in [-0.05, 0) is 82.0 Å². The maximum Gasteiger partial charge on any atom is 0.100 e. The zero-order valence-electron chi connectivity index (χ0n) is 19.3. The summed E-state index contributed by atoms with van der Waals surface area (Å²) >= 11 is 0. The van der Waals surface area contributed by atoms with Crippen LogP contribution in [-0.2, 0) is 0 Å². The lowest BCUT2D eigenvalue weighted by Gasteiger charge is -2.37. The summed E-state index contributed by atoms with van der Waals surface area (Å²) in [5, 5.41) is 0. The molecule has 0 aromatic heterocycles. The van der Waals surface area contributed by atoms with Gasteiger partial charge in [-0.25, -0.2) is 4.39 Å². The fourth-order valence-corrected chi connectivity index (χ4v) is 6.33. The molecule has 3 fully saturated rings. The van der Waals surface area contributed by atoms with Crippen molar-refractivity contribution < 1.29 is 4.39 Å². The molecular formula is C28H47F. The van der Waals surface area contributed by atoms with Crippen LogP contribution in [0.25, 0.3) is 0 Å². The van der Waals surface area contributed by atoms with Gasteiger partial charge in [0.25, 0.3) is 0 Å². The number of alkyl halides is 1. The predicted octanol–water partition coefficient (Wildman–Crippen LogP) is 8.88. The largest absolute Gasteiger partial charge is 0.247 e. The first-order valence-electron chi connectivity index (χ1n) is 13.4. The van der Waals surface area contributed by atoms with Gasteiger partial charge in [-0.3, -0.25) is 0 Å². The molecule has 0 aromatic rings. The average molecular weight is 403 g/mol. The zero-order valence-corrected chi connectivity index (χ0v) is 19.3. The summed E-state index contributed by atoms with van der Waals surface area (Å²) in [4.78, 5) is 0. The normalized spacial score (nSPS) is 35.7. The third-order valence-corrected chi connectivity index (χ3v) is 8.44. The van der Waals surface area contributed by atoms with Crippen LogP contribution in [0.4, 0.5) is 4.39 Å². The van der Waals surface area contributed by atoms with Crippen molar-refractivity contribution in [2.24, 2.45) is 29.6 Å². The van der Waals surface area contributed by atoms with Crippen molar-refractivity contribution >= 4 is 0 Å². The van der Waals surface area contributed by atoms with Gasteiger partial charge in [-0.1, -0.05) is 76.6 Å². The average Bonchev–Trinajstić information content (AvgIpc) is 2.77. The van der Waals surface area contributed by atoms with Crippen LogP contribution in [0.15, 0.2) is 0 Å². The molecule has 0 unspecified atom stereocenters. The maximum atomic E-state index is 13.3. The summed E-state index contributed by atoms with van der Waals surface area (Å²) in [5.41, 5.74) is 0. The molecule has 3 aliphatic rings. The lowest BCUT2D eigenvalue weighted by Crippen LogP contribution is -2.25. The first-order valence-corrected chi connectivity index (χ1v) is 13.4. The molecule has 0 aliphatic heterocycles. The van der Waals surface area contributed by atoms with Gasteiger partial charge in [0.05, 0.1) is 0 Å². The topological polar surface area (TPSA) is 0 Å². The van der Waals surface area contributed by atoms with E-state index in [0.717, 1.165) is 43.4 Å². The standard InChI is InChI=1S/C28H47F/c1-2-3-4-5-6-7-8-23-11-17-26(18-12-23)27-19-13-24(14-20-27)9-10-25-15-21-28(29)22-16-25/h23-28H,2-8,11-22H2,1H3. The number of unbranched alkanes of at least 4 members (excludes halogenated alkanes) is 5. The van der Waals surface area contributed by atoms with E-state index >= 15 is 0 Å². The Kier molecular flexibility index (Phi) is 10.4. The van der Waals surface area contributed by atoms with E-state index in [1.165, 1.54) is 96.3 Å². The van der Waals surface area contributed by atoms with E-state index in [0.29, 0.717) is 11.8 Å². The van der Waals surface area contributed by atoms with Crippen molar-refractivity contribution in [3.63, 3.8) is 0 Å². The minimum Gasteiger partial charge on any atom is -0.247 e. The van der Waals surface area contributed by atoms with Crippen molar-refractivity contribution in [3.8, 4) is 11.8 Å². The molecule has 3 rings (SSSR count). The molecule has 0 aromatic carbocycles. The van der Waals surface area contributed by atoms with E-state index in [1.807, 2.05) is 0 Å². The quantitative estimate of drug-likeness (QED) is 0.281. The molecule has 29 heavy (non-hydrogen) atoms. The second-order valence-corrected chi connectivity index (χ2v) is 10.7. The monoisotopic (exact) mass is 402 g/mol. The van der Waals surface area contributed by atoms with Crippen LogP contribution in [0.1, 0.15) is 129 Å². The van der Waals surface area contributed by atoms with Gasteiger partial charge in [0, 0.05) is 11.8 Å². The zero-order chi connectivity index (χ0) is 20.3. The smallest absolute Gasteiger partial charge is 0.100 e. The molecule has 0 saturated heterocycles. The number of hydrogen-bond donors (Lipinski definition) is 0. The minimum absolute atomic E-state index is 0.488. The van der Waals surface area contributed by atoms with Gasteiger partial charge < -0.3 is 0 Å². The predicted molar refractivity (Wildman–Crippen MR) is 124 cm³/mol. The molecule has 0 bridgehead atoms. The SMILES string of the molecule is CCCCCCCCC1CCC(C2CCC(C#CC3CCC(F)CC3)CC2)CC1. The Morgan fingerprint density at radius 2 is 1.07 bits per heavy atom. The van der Waals surface area contributed by atoms with Crippen molar-refractivity contribution in [2.75, 3.05) is 0 Å². The fraction of sp³-hybridized carbons (Fsp3) is 0.929. The Bertz CT molecular complexity index is 476. The molecule has 0 nitrogen and oxygen atoms in total. The van der Waals surface area contributed by atoms with Crippen molar-refractivity contribution in [1.29, 1.82) is 0 Å². The van der Waals surface area contributed by atoms with E-state index < -0.39 is 6.17 Å². The molecule has 0 radical (unpaired) electrons. The summed E-state index contributed by atoms with van der Waals surface area (Å²) in [7, 11) is 0. The second kappa shape index (κ2) is 13.0. The molecule has 3 saturated carbocycles. The second-order valence-electron chi connectivity index (χ2n) is 10.7. The summed E-state index contributed by atoms with van der Waals surface area (Å²) in [6.45, 7) is 2.30. The summed E-state index contributed by atoms with van der Waals surface area (Å²) in [6.07, 6.45) is 24.6. The Morgan fingerprint density at radius 3 is 1.66 bits per heavy atom. The highest BCUT2D eigenvalue weighted by Gasteiger charge is 2.30. The van der Waals surface area contributed by atoms with Gasteiger partial charge in [0.1, 0.15) is 6.17 Å². The number of rotatable bonds is 8. The lowest BCUT2D eigenvalue weighted by atomic mass is 9.68. The van der Waals surface area contributed by atoms with Crippen molar-refractivity contribution in [3.05, 3.63) is 0 Å². The van der Waals surface area contributed by atoms with Crippen LogP contribution in [0.3, 0.4) is 0 Å². The summed E-state index contributed by atoms with van der Waals surface area (Å²) < 4.78 is 13.3. The van der Waals surface area contributed by atoms with E-state index in [4.69, 9.17) is 0 Å². The first-order chi connectivity index (χ1) is 14.2. The third kappa shape index (κ3) is 8.26. The molecular weight excluding hydrogens is 355 g/mol. The Balaban J connectivity index is 1.26. The van der Waals surface area contributed by atoms with Crippen molar-refractivity contribution in [1.82, 2.24) is 0 Å². The third-order valence-electron chi connectivity index (χ3n) is 8.44. The van der Waals surface area contributed by atoms with Crippen LogP contribution >= 0.6 is 0 Å². The lowest BCUT2D eigenvalue weighted by molar-refractivity contribution is 0.153. The van der Waals surface area contributed by atoms with Gasteiger partial charge in [0.2, 0.25) is 0 Å². The number of halogens is 1. The van der Waals surface area contributed by atoms with Gasteiger partial charge in [-0.2, -0.15) is 0 Å². The highest BCUT2D eigenvalue weighted by molar-refractivity contribution is 5.09. The minimum atomic E-state index is -0.552. The molecule has 0 spiro atoms. The summed E-state index contributed by atoms with van der Waals surface area (Å²) in [6, 6.07) is 0. The number of hydrogen-bond acceptors (Lipinski definition) is 0. The Hall–Kier alpha value is -0.510. The Labute approximate surface area is 181 Å². The van der Waals surface area contributed by atoms with E-state index in [-0.39, 0.29) is 0 Å². The molecule has 0 N–H and O–H groups in total. The molecule has 0 atom stereocenters. The van der Waals surface area contributed by atoms with Crippen LogP contribution < -0.4 is 0 Å². The molecule has 3 aliphatic carbocycles. The molecule has 166 valence electrons. The van der Waals surface area contributed by atoms with Crippen LogP contribution in [0.5, 0.6) is 0 Å². The molecule has 0 heterocycles. The van der Waals surface area contributed by atoms with E-state index in [1.54, 1.807) is 0 Å². The van der Waals surface area contributed by atoms with E-state index in [9.17, 15) is 4.39 Å². The Morgan fingerprint density at radius 1 is 0.586 bits per heavy atom. The summed E-state index contributed by atoms with van der Waals surface area (Å²) in [5.74, 6) is 11.3. The first kappa shape index (κ1) is 23.2. The van der Waals surface area contributed by atoms with Gasteiger partial charge in [-0.15, -0.1) is 0 Å². The fourth-order valence-electron chi connectivity index (χ4n) is 6.33. The maximum absolute atomic E-state index is 13.3. The van der Waals surface area contributed by atoms with E-state index in [2.05, 4.69) is 18.8 Å². The highest BCUT2D eigenvalue weighted by Crippen LogP contribution is 2.42. The van der Waals surface area contributed by atoms with Gasteiger partial charge >= 0.3 is 0 Å². The van der Waals surface area contributed by atoms with Crippen LogP contribution in [-0.4, -0.2) is 6.17 Å². The molecule has 0 amide bonds. The highest BCUT2D eigenvalue weighted by atomic mass is 19.1. The molecule has 1 heteroatoms.